The van der Waals surface area contributed by atoms with Gasteiger partial charge in [0.15, 0.2) is 0 Å². The zero-order chi connectivity index (χ0) is 19.8. The van der Waals surface area contributed by atoms with Crippen LogP contribution in [0.4, 0.5) is 5.69 Å². The molecule has 5 rings (SSSR count). The highest BCUT2D eigenvalue weighted by atomic mass is 16.5. The van der Waals surface area contributed by atoms with Crippen LogP contribution in [0, 0.1) is 6.92 Å². The number of aryl methyl sites for hydroxylation is 1. The summed E-state index contributed by atoms with van der Waals surface area (Å²) in [6.07, 6.45) is 4.98. The minimum Gasteiger partial charge on any atom is -0.368 e. The van der Waals surface area contributed by atoms with E-state index in [0.717, 1.165) is 35.3 Å². The van der Waals surface area contributed by atoms with Crippen LogP contribution in [0.2, 0.25) is 0 Å². The predicted octanol–water partition coefficient (Wildman–Crippen LogP) is 3.48. The van der Waals surface area contributed by atoms with Gasteiger partial charge in [0.1, 0.15) is 17.4 Å². The van der Waals surface area contributed by atoms with Crippen LogP contribution in [-0.4, -0.2) is 38.1 Å². The van der Waals surface area contributed by atoms with Crippen molar-refractivity contribution in [2.24, 2.45) is 0 Å². The van der Waals surface area contributed by atoms with Gasteiger partial charge in [-0.1, -0.05) is 17.3 Å². The summed E-state index contributed by atoms with van der Waals surface area (Å²) in [6.45, 7) is 2.65. The predicted molar refractivity (Wildman–Crippen MR) is 106 cm³/mol. The maximum atomic E-state index is 12.3. The molecule has 1 aliphatic rings. The molecule has 1 aromatic carbocycles. The van der Waals surface area contributed by atoms with Crippen molar-refractivity contribution in [1.29, 1.82) is 0 Å². The van der Waals surface area contributed by atoms with Crippen LogP contribution < -0.4 is 5.32 Å². The number of aromatic nitrogens is 4. The molecule has 0 spiro atoms. The number of benzene rings is 1. The molecule has 0 saturated carbocycles. The molecule has 29 heavy (non-hydrogen) atoms. The van der Waals surface area contributed by atoms with E-state index < -0.39 is 0 Å². The largest absolute Gasteiger partial charge is 0.368 e. The summed E-state index contributed by atoms with van der Waals surface area (Å²) in [6, 6.07) is 11.3. The Morgan fingerprint density at radius 2 is 2.21 bits per heavy atom. The average molecular weight is 389 g/mol. The average Bonchev–Trinajstić information content (AvgIpc) is 3.48. The van der Waals surface area contributed by atoms with Crippen LogP contribution >= 0.6 is 0 Å². The number of pyridine rings is 1. The quantitative estimate of drug-likeness (QED) is 0.574. The van der Waals surface area contributed by atoms with Crippen molar-refractivity contribution in [3.8, 4) is 23.0 Å². The molecule has 146 valence electrons. The van der Waals surface area contributed by atoms with E-state index in [1.54, 1.807) is 6.20 Å². The van der Waals surface area contributed by atoms with Crippen LogP contribution in [0.5, 0.6) is 0 Å². The highest BCUT2D eigenvalue weighted by Gasteiger charge is 2.23. The molecule has 1 saturated heterocycles. The van der Waals surface area contributed by atoms with Gasteiger partial charge in [-0.25, -0.2) is 4.98 Å². The third-order valence-corrected chi connectivity index (χ3v) is 4.91. The highest BCUT2D eigenvalue weighted by molar-refractivity contribution is 5.94. The summed E-state index contributed by atoms with van der Waals surface area (Å²) in [4.78, 5) is 21.2. The van der Waals surface area contributed by atoms with E-state index in [2.05, 4.69) is 20.4 Å². The van der Waals surface area contributed by atoms with Crippen LogP contribution in [0.15, 0.2) is 53.3 Å². The zero-order valence-corrected chi connectivity index (χ0v) is 15.8. The van der Waals surface area contributed by atoms with Crippen molar-refractivity contribution >= 4 is 17.2 Å². The number of hydrogen-bond acceptors (Lipinski definition) is 6. The lowest BCUT2D eigenvalue weighted by atomic mass is 10.2. The molecule has 4 heterocycles. The Morgan fingerprint density at radius 1 is 1.28 bits per heavy atom. The number of anilines is 1. The summed E-state index contributed by atoms with van der Waals surface area (Å²) in [5, 5.41) is 7.01. The molecule has 4 aromatic rings. The van der Waals surface area contributed by atoms with E-state index in [0.29, 0.717) is 24.0 Å². The molecule has 1 amide bonds. The lowest BCUT2D eigenvalue weighted by Crippen LogP contribution is -2.26. The van der Waals surface area contributed by atoms with E-state index in [1.165, 1.54) is 0 Å². The van der Waals surface area contributed by atoms with Crippen molar-refractivity contribution < 1.29 is 14.1 Å². The van der Waals surface area contributed by atoms with Gasteiger partial charge in [0.25, 0.3) is 11.8 Å². The SMILES string of the molecule is Cc1ccc2ncc(-c3noc(-c4cccc(NC(=O)C5CCCO5)c4)n3)n2c1. The van der Waals surface area contributed by atoms with Crippen molar-refractivity contribution in [3.05, 3.63) is 54.4 Å². The van der Waals surface area contributed by atoms with E-state index >= 15 is 0 Å². The maximum Gasteiger partial charge on any atom is 0.258 e. The van der Waals surface area contributed by atoms with Gasteiger partial charge in [-0.15, -0.1) is 0 Å². The number of amides is 1. The molecule has 1 aliphatic heterocycles. The fourth-order valence-corrected chi connectivity index (χ4v) is 3.43. The smallest absolute Gasteiger partial charge is 0.258 e. The first-order chi connectivity index (χ1) is 14.2. The van der Waals surface area contributed by atoms with Crippen LogP contribution in [0.3, 0.4) is 0 Å². The van der Waals surface area contributed by atoms with E-state index in [-0.39, 0.29) is 12.0 Å². The molecule has 3 aromatic heterocycles. The second-order valence-corrected chi connectivity index (χ2v) is 7.07. The zero-order valence-electron chi connectivity index (χ0n) is 15.8. The molecule has 1 fully saturated rings. The number of rotatable bonds is 4. The van der Waals surface area contributed by atoms with Crippen LogP contribution in [0.1, 0.15) is 18.4 Å². The number of nitrogens with zero attached hydrogens (tertiary/aromatic N) is 4. The second-order valence-electron chi connectivity index (χ2n) is 7.07. The Labute approximate surface area is 166 Å². The monoisotopic (exact) mass is 389 g/mol. The number of carbonyl (C=O) groups is 1. The number of ether oxygens (including phenoxy) is 1. The molecule has 0 aliphatic carbocycles. The summed E-state index contributed by atoms with van der Waals surface area (Å²) in [5.74, 6) is 0.690. The van der Waals surface area contributed by atoms with Crippen LogP contribution in [0.25, 0.3) is 28.6 Å². The van der Waals surface area contributed by atoms with Crippen molar-refractivity contribution in [1.82, 2.24) is 19.5 Å². The summed E-state index contributed by atoms with van der Waals surface area (Å²) in [5.41, 5.74) is 4.06. The summed E-state index contributed by atoms with van der Waals surface area (Å²) < 4.78 is 12.8. The number of fused-ring (bicyclic) bond motifs is 1. The number of imidazole rings is 1. The fraction of sp³-hybridized carbons (Fsp3) is 0.238. The van der Waals surface area contributed by atoms with Gasteiger partial charge < -0.3 is 14.6 Å². The standard InChI is InChI=1S/C21H19N5O3/c1-13-7-8-18-22-11-16(26(18)12-13)19-24-21(29-25-19)14-4-2-5-15(10-14)23-20(27)17-6-3-9-28-17/h2,4-5,7-8,10-12,17H,3,6,9H2,1H3,(H,23,27). The molecule has 8 heteroatoms. The maximum absolute atomic E-state index is 12.3. The minimum atomic E-state index is -0.382. The number of hydrogen-bond donors (Lipinski definition) is 1. The van der Waals surface area contributed by atoms with Gasteiger partial charge in [0, 0.05) is 24.1 Å². The highest BCUT2D eigenvalue weighted by Crippen LogP contribution is 2.25. The Morgan fingerprint density at radius 3 is 3.07 bits per heavy atom. The second kappa shape index (κ2) is 7.14. The Kier molecular flexibility index (Phi) is 4.33. The summed E-state index contributed by atoms with van der Waals surface area (Å²) >= 11 is 0. The summed E-state index contributed by atoms with van der Waals surface area (Å²) in [7, 11) is 0. The van der Waals surface area contributed by atoms with E-state index in [9.17, 15) is 4.79 Å². The van der Waals surface area contributed by atoms with Crippen molar-refractivity contribution in [3.63, 3.8) is 0 Å². The Balaban J connectivity index is 1.41. The molecule has 1 unspecified atom stereocenters. The van der Waals surface area contributed by atoms with Gasteiger partial charge in [0.2, 0.25) is 5.82 Å². The normalized spacial score (nSPS) is 16.4. The van der Waals surface area contributed by atoms with E-state index in [1.807, 2.05) is 53.9 Å². The molecule has 0 bridgehead atoms. The molecule has 8 nitrogen and oxygen atoms in total. The van der Waals surface area contributed by atoms with Gasteiger partial charge in [-0.3, -0.25) is 9.20 Å². The van der Waals surface area contributed by atoms with Crippen molar-refractivity contribution in [2.75, 3.05) is 11.9 Å². The van der Waals surface area contributed by atoms with Gasteiger partial charge in [0.05, 0.1) is 6.20 Å². The minimum absolute atomic E-state index is 0.132. The van der Waals surface area contributed by atoms with Crippen molar-refractivity contribution in [2.45, 2.75) is 25.9 Å². The molecule has 0 radical (unpaired) electrons. The number of nitrogens with one attached hydrogen (secondary N) is 1. The van der Waals surface area contributed by atoms with Crippen LogP contribution in [-0.2, 0) is 9.53 Å². The van der Waals surface area contributed by atoms with E-state index in [4.69, 9.17) is 9.26 Å². The first-order valence-electron chi connectivity index (χ1n) is 9.48. The molecule has 1 atom stereocenters. The lowest BCUT2D eigenvalue weighted by Gasteiger charge is -2.10. The molecular weight excluding hydrogens is 370 g/mol. The first-order valence-corrected chi connectivity index (χ1v) is 9.48. The molecular formula is C21H19N5O3. The van der Waals surface area contributed by atoms with Gasteiger partial charge >= 0.3 is 0 Å². The van der Waals surface area contributed by atoms with Gasteiger partial charge in [-0.05, 0) is 49.6 Å². The number of carbonyl (C=O) groups excluding carboxylic acids is 1. The third-order valence-electron chi connectivity index (χ3n) is 4.91. The Hall–Kier alpha value is -3.52. The first kappa shape index (κ1) is 17.6. The van der Waals surface area contributed by atoms with Gasteiger partial charge in [-0.2, -0.15) is 4.98 Å². The molecule has 1 N–H and O–H groups in total. The topological polar surface area (TPSA) is 94.6 Å². The Bertz CT molecular complexity index is 1190. The fourth-order valence-electron chi connectivity index (χ4n) is 3.43. The lowest BCUT2D eigenvalue weighted by molar-refractivity contribution is -0.124. The third kappa shape index (κ3) is 3.38.